The highest BCUT2D eigenvalue weighted by molar-refractivity contribution is 4.18. The normalized spacial score (nSPS) is 8.40. The molecule has 32 valence electrons. The van der Waals surface area contributed by atoms with Gasteiger partial charge in [-0.05, 0) is 6.42 Å². The second-order valence-electron chi connectivity index (χ2n) is 0.908. The van der Waals surface area contributed by atoms with Crippen LogP contribution >= 0.6 is 0 Å². The highest BCUT2D eigenvalue weighted by Gasteiger charge is 1.60. The predicted molar refractivity (Wildman–Crippen MR) is 21.6 cm³/mol. The second kappa shape index (κ2) is 3.96. The van der Waals surface area contributed by atoms with Gasteiger partial charge >= 0.3 is 0 Å². The SMILES string of the molecule is [CH2-]OCCC. The third-order valence-electron chi connectivity index (χ3n) is 0.348. The first-order valence-corrected chi connectivity index (χ1v) is 1.78. The van der Waals surface area contributed by atoms with Gasteiger partial charge < -0.3 is 4.74 Å². The van der Waals surface area contributed by atoms with Crippen LogP contribution in [0.2, 0.25) is 0 Å². The molecular weight excluding hydrogens is 64.0 g/mol. The van der Waals surface area contributed by atoms with Crippen LogP contribution in [0.25, 0.3) is 0 Å². The van der Waals surface area contributed by atoms with Crippen molar-refractivity contribution >= 4 is 0 Å². The molecule has 0 heterocycles. The average molecular weight is 73.1 g/mol. The van der Waals surface area contributed by atoms with Crippen LogP contribution in [-0.2, 0) is 4.74 Å². The smallest absolute Gasteiger partial charge is 0.0107 e. The zero-order chi connectivity index (χ0) is 4.12. The molecule has 0 atom stereocenters. The van der Waals surface area contributed by atoms with Gasteiger partial charge in [-0.25, -0.2) is 7.11 Å². The van der Waals surface area contributed by atoms with E-state index in [0.29, 0.717) is 0 Å². The summed E-state index contributed by atoms with van der Waals surface area (Å²) in [6.07, 6.45) is 1.06. The van der Waals surface area contributed by atoms with Gasteiger partial charge in [0.05, 0.1) is 0 Å². The van der Waals surface area contributed by atoms with Crippen molar-refractivity contribution in [2.24, 2.45) is 0 Å². The topological polar surface area (TPSA) is 9.23 Å². The van der Waals surface area contributed by atoms with E-state index in [1.54, 1.807) is 0 Å². The molecule has 0 spiro atoms. The van der Waals surface area contributed by atoms with E-state index in [1.165, 1.54) is 0 Å². The van der Waals surface area contributed by atoms with E-state index < -0.39 is 0 Å². The van der Waals surface area contributed by atoms with E-state index in [4.69, 9.17) is 0 Å². The monoisotopic (exact) mass is 73.1 g/mol. The summed E-state index contributed by atoms with van der Waals surface area (Å²) in [4.78, 5) is 0. The number of hydrogen-bond donors (Lipinski definition) is 0. The molecule has 0 rings (SSSR count). The molecule has 0 aromatic heterocycles. The van der Waals surface area contributed by atoms with Crippen LogP contribution in [0.3, 0.4) is 0 Å². The Morgan fingerprint density at radius 1 is 1.80 bits per heavy atom. The highest BCUT2D eigenvalue weighted by atomic mass is 16.5. The molecular formula is C4H9O-. The van der Waals surface area contributed by atoms with E-state index >= 15 is 0 Å². The van der Waals surface area contributed by atoms with Crippen molar-refractivity contribution in [2.45, 2.75) is 13.3 Å². The molecule has 0 fully saturated rings. The molecule has 0 aromatic carbocycles. The molecule has 1 heteroatoms. The largest absolute Gasteiger partial charge is 0.555 e. The Balaban J connectivity index is 2.19. The maximum absolute atomic E-state index is 4.44. The quantitative estimate of drug-likeness (QED) is 0.446. The molecule has 0 aliphatic heterocycles. The third-order valence-corrected chi connectivity index (χ3v) is 0.348. The fourth-order valence-corrected chi connectivity index (χ4v) is 0.144. The van der Waals surface area contributed by atoms with Gasteiger partial charge in [0.25, 0.3) is 0 Å². The van der Waals surface area contributed by atoms with Gasteiger partial charge in [-0.1, -0.05) is 6.92 Å². The molecule has 1 nitrogen and oxygen atoms in total. The minimum atomic E-state index is 0.778. The van der Waals surface area contributed by atoms with Gasteiger partial charge in [-0.15, -0.1) is 0 Å². The van der Waals surface area contributed by atoms with Crippen LogP contribution in [0, 0.1) is 7.11 Å². The maximum atomic E-state index is 4.44. The Kier molecular flexibility index (Phi) is 3.93. The molecule has 0 bridgehead atoms. The first-order chi connectivity index (χ1) is 2.41. The average Bonchev–Trinajstić information content (AvgIpc) is 1.41. The summed E-state index contributed by atoms with van der Waals surface area (Å²) in [5.41, 5.74) is 0. The summed E-state index contributed by atoms with van der Waals surface area (Å²) in [5.74, 6) is 0. The van der Waals surface area contributed by atoms with Gasteiger partial charge in [0.2, 0.25) is 0 Å². The van der Waals surface area contributed by atoms with Crippen LogP contribution in [0.4, 0.5) is 0 Å². The van der Waals surface area contributed by atoms with E-state index in [0.717, 1.165) is 13.0 Å². The van der Waals surface area contributed by atoms with E-state index in [1.807, 2.05) is 6.92 Å². The molecule has 5 heavy (non-hydrogen) atoms. The lowest BCUT2D eigenvalue weighted by Gasteiger charge is -1.95. The Bertz CT molecular complexity index is 11.1. The molecule has 0 radical (unpaired) electrons. The van der Waals surface area contributed by atoms with Gasteiger partial charge in [0, 0.05) is 6.61 Å². The van der Waals surface area contributed by atoms with Crippen molar-refractivity contribution in [3.8, 4) is 0 Å². The van der Waals surface area contributed by atoms with Crippen molar-refractivity contribution in [2.75, 3.05) is 6.61 Å². The van der Waals surface area contributed by atoms with Crippen LogP contribution in [0.5, 0.6) is 0 Å². The van der Waals surface area contributed by atoms with Crippen LogP contribution in [0.15, 0.2) is 0 Å². The molecule has 0 amide bonds. The van der Waals surface area contributed by atoms with Gasteiger partial charge in [0.1, 0.15) is 0 Å². The summed E-state index contributed by atoms with van der Waals surface area (Å²) < 4.78 is 4.44. The molecule has 0 unspecified atom stereocenters. The lowest BCUT2D eigenvalue weighted by Crippen LogP contribution is -1.77. The third kappa shape index (κ3) is 3.96. The van der Waals surface area contributed by atoms with Crippen molar-refractivity contribution in [3.63, 3.8) is 0 Å². The summed E-state index contributed by atoms with van der Waals surface area (Å²) in [6.45, 7) is 2.82. The van der Waals surface area contributed by atoms with Gasteiger partial charge in [-0.3, -0.25) is 0 Å². The van der Waals surface area contributed by atoms with E-state index in [9.17, 15) is 0 Å². The second-order valence-corrected chi connectivity index (χ2v) is 0.908. The zero-order valence-corrected chi connectivity index (χ0v) is 3.53. The van der Waals surface area contributed by atoms with Crippen molar-refractivity contribution in [3.05, 3.63) is 7.11 Å². The Morgan fingerprint density at radius 3 is 2.40 bits per heavy atom. The lowest BCUT2D eigenvalue weighted by atomic mass is 10.5. The van der Waals surface area contributed by atoms with Gasteiger partial charge in [0.15, 0.2) is 0 Å². The van der Waals surface area contributed by atoms with Crippen LogP contribution in [0.1, 0.15) is 13.3 Å². The first-order valence-electron chi connectivity index (χ1n) is 1.78. The highest BCUT2D eigenvalue weighted by Crippen LogP contribution is 1.72. The maximum Gasteiger partial charge on any atom is 0.0107 e. The minimum absolute atomic E-state index is 0.778. The molecule has 0 aromatic rings. The molecule has 0 saturated heterocycles. The first kappa shape index (κ1) is 4.96. The lowest BCUT2D eigenvalue weighted by molar-refractivity contribution is 0.242. The standard InChI is InChI=1S/C4H9O/c1-3-4-5-2/h2-4H2,1H3/q-1. The van der Waals surface area contributed by atoms with Crippen molar-refractivity contribution < 1.29 is 4.74 Å². The van der Waals surface area contributed by atoms with E-state index in [-0.39, 0.29) is 0 Å². The van der Waals surface area contributed by atoms with Gasteiger partial charge in [-0.2, -0.15) is 0 Å². The Morgan fingerprint density at radius 2 is 2.40 bits per heavy atom. The Hall–Kier alpha value is -0.0400. The minimum Gasteiger partial charge on any atom is -0.555 e. The summed E-state index contributed by atoms with van der Waals surface area (Å²) in [7, 11) is 3.18. The van der Waals surface area contributed by atoms with Crippen molar-refractivity contribution in [1.82, 2.24) is 0 Å². The number of hydrogen-bond acceptors (Lipinski definition) is 1. The number of rotatable bonds is 2. The van der Waals surface area contributed by atoms with Crippen LogP contribution in [-0.4, -0.2) is 6.61 Å². The van der Waals surface area contributed by atoms with Crippen LogP contribution < -0.4 is 0 Å². The summed E-state index contributed by atoms with van der Waals surface area (Å²) in [6, 6.07) is 0. The molecule has 0 aliphatic carbocycles. The fraction of sp³-hybridized carbons (Fsp3) is 0.750. The van der Waals surface area contributed by atoms with E-state index in [2.05, 4.69) is 11.8 Å². The molecule has 0 saturated carbocycles. The predicted octanol–water partition coefficient (Wildman–Crippen LogP) is 1.20. The summed E-state index contributed by atoms with van der Waals surface area (Å²) >= 11 is 0. The Labute approximate surface area is 32.9 Å². The fourth-order valence-electron chi connectivity index (χ4n) is 0.144. The zero-order valence-electron chi connectivity index (χ0n) is 3.53. The molecule has 0 N–H and O–H groups in total. The summed E-state index contributed by atoms with van der Waals surface area (Å²) in [5, 5.41) is 0. The molecule has 0 aliphatic rings. The van der Waals surface area contributed by atoms with Crippen molar-refractivity contribution in [1.29, 1.82) is 0 Å². The number of ether oxygens (including phenoxy) is 1.